The van der Waals surface area contributed by atoms with Crippen LogP contribution in [0.2, 0.25) is 0 Å². The fourth-order valence-corrected chi connectivity index (χ4v) is 1.54. The second-order valence-electron chi connectivity index (χ2n) is 3.53. The molecule has 1 amide bonds. The Balaban J connectivity index is 2.64. The first-order valence-electron chi connectivity index (χ1n) is 4.85. The van der Waals surface area contributed by atoms with Crippen LogP contribution >= 0.6 is 0 Å². The van der Waals surface area contributed by atoms with Gasteiger partial charge in [0.2, 0.25) is 0 Å². The molecule has 0 radical (unpaired) electrons. The van der Waals surface area contributed by atoms with Gasteiger partial charge in [0, 0.05) is 5.56 Å². The number of aryl methyl sites for hydroxylation is 1. The van der Waals surface area contributed by atoms with Gasteiger partial charge in [-0.05, 0) is 24.6 Å². The topological polar surface area (TPSA) is 108 Å². The molecule has 6 nitrogen and oxygen atoms in total. The lowest BCUT2D eigenvalue weighted by atomic mass is 10.0. The number of primary amides is 1. The largest absolute Gasteiger partial charge is 0.364 e. The quantitative estimate of drug-likeness (QED) is 0.788. The van der Waals surface area contributed by atoms with Crippen molar-refractivity contribution in [1.29, 1.82) is 5.26 Å². The highest BCUT2D eigenvalue weighted by atomic mass is 16.1. The smallest absolute Gasteiger partial charge is 0.271 e. The van der Waals surface area contributed by atoms with Crippen LogP contribution in [-0.2, 0) is 0 Å². The van der Waals surface area contributed by atoms with Crippen LogP contribution in [0.5, 0.6) is 0 Å². The van der Waals surface area contributed by atoms with Crippen LogP contribution in [0.15, 0.2) is 18.2 Å². The van der Waals surface area contributed by atoms with Crippen molar-refractivity contribution in [3.8, 4) is 17.3 Å². The number of nitriles is 1. The zero-order valence-corrected chi connectivity index (χ0v) is 9.06. The third kappa shape index (κ3) is 1.86. The molecule has 3 N–H and O–H groups in total. The molecule has 0 aliphatic rings. The van der Waals surface area contributed by atoms with Crippen molar-refractivity contribution in [1.82, 2.24) is 15.4 Å². The van der Waals surface area contributed by atoms with E-state index in [-0.39, 0.29) is 5.69 Å². The van der Waals surface area contributed by atoms with Gasteiger partial charge in [0.05, 0.1) is 11.6 Å². The van der Waals surface area contributed by atoms with E-state index in [1.165, 1.54) is 0 Å². The summed E-state index contributed by atoms with van der Waals surface area (Å²) >= 11 is 0. The summed E-state index contributed by atoms with van der Waals surface area (Å²) in [7, 11) is 0. The molecule has 0 saturated heterocycles. The first kappa shape index (κ1) is 10.8. The van der Waals surface area contributed by atoms with E-state index in [0.717, 1.165) is 5.56 Å². The van der Waals surface area contributed by atoms with Crippen molar-refractivity contribution >= 4 is 5.91 Å². The minimum Gasteiger partial charge on any atom is -0.364 e. The number of nitrogens with zero attached hydrogens (tertiary/aromatic N) is 3. The normalized spacial score (nSPS) is 9.88. The Morgan fingerprint density at radius 2 is 2.24 bits per heavy atom. The van der Waals surface area contributed by atoms with Crippen LogP contribution in [0.3, 0.4) is 0 Å². The first-order valence-corrected chi connectivity index (χ1v) is 4.85. The fraction of sp³-hybridized carbons (Fsp3) is 0.0909. The van der Waals surface area contributed by atoms with Crippen molar-refractivity contribution < 1.29 is 4.79 Å². The number of nitrogens with two attached hydrogens (primary N) is 1. The number of H-pyrrole nitrogens is 1. The van der Waals surface area contributed by atoms with E-state index in [1.54, 1.807) is 18.2 Å². The van der Waals surface area contributed by atoms with Gasteiger partial charge in [-0.25, -0.2) is 0 Å². The average Bonchev–Trinajstić information content (AvgIpc) is 2.78. The van der Waals surface area contributed by atoms with Gasteiger partial charge < -0.3 is 5.73 Å². The summed E-state index contributed by atoms with van der Waals surface area (Å²) in [6.45, 7) is 1.86. The van der Waals surface area contributed by atoms with Crippen LogP contribution in [0.1, 0.15) is 21.6 Å². The van der Waals surface area contributed by atoms with Gasteiger partial charge in [-0.15, -0.1) is 0 Å². The predicted octanol–water partition coefficient (Wildman–Crippen LogP) is 0.751. The van der Waals surface area contributed by atoms with Crippen LogP contribution in [0, 0.1) is 18.3 Å². The van der Waals surface area contributed by atoms with Crippen molar-refractivity contribution in [2.24, 2.45) is 5.73 Å². The van der Waals surface area contributed by atoms with Crippen LogP contribution in [-0.4, -0.2) is 21.3 Å². The number of carbonyl (C=O) groups excluding carboxylic acids is 1. The lowest BCUT2D eigenvalue weighted by Crippen LogP contribution is -2.13. The molecule has 0 saturated carbocycles. The summed E-state index contributed by atoms with van der Waals surface area (Å²) in [6, 6.07) is 7.17. The molecule has 0 aliphatic carbocycles. The van der Waals surface area contributed by atoms with E-state index in [0.29, 0.717) is 16.8 Å². The van der Waals surface area contributed by atoms with Gasteiger partial charge in [0.15, 0.2) is 5.69 Å². The third-order valence-electron chi connectivity index (χ3n) is 2.40. The van der Waals surface area contributed by atoms with Crippen LogP contribution in [0.4, 0.5) is 0 Å². The molecule has 0 fully saturated rings. The van der Waals surface area contributed by atoms with E-state index in [2.05, 4.69) is 15.4 Å². The fourth-order valence-electron chi connectivity index (χ4n) is 1.54. The van der Waals surface area contributed by atoms with E-state index in [9.17, 15) is 4.79 Å². The molecule has 2 rings (SSSR count). The maximum Gasteiger partial charge on any atom is 0.271 e. The lowest BCUT2D eigenvalue weighted by Gasteiger charge is -2.03. The average molecular weight is 227 g/mol. The molecule has 2 aromatic rings. The molecule has 0 atom stereocenters. The Labute approximate surface area is 97.1 Å². The molecule has 6 heteroatoms. The monoisotopic (exact) mass is 227 g/mol. The summed E-state index contributed by atoms with van der Waals surface area (Å²) in [4.78, 5) is 11.2. The summed E-state index contributed by atoms with van der Waals surface area (Å²) in [5, 5.41) is 18.8. The predicted molar refractivity (Wildman–Crippen MR) is 59.8 cm³/mol. The molecule has 1 aromatic carbocycles. The van der Waals surface area contributed by atoms with Gasteiger partial charge in [0.25, 0.3) is 5.91 Å². The number of aromatic amines is 1. The Hall–Kier alpha value is -2.68. The maximum atomic E-state index is 11.2. The second kappa shape index (κ2) is 4.06. The summed E-state index contributed by atoms with van der Waals surface area (Å²) in [5.41, 5.74) is 7.68. The van der Waals surface area contributed by atoms with Gasteiger partial charge in [-0.3, -0.25) is 4.79 Å². The minimum absolute atomic E-state index is 0.0724. The Morgan fingerprint density at radius 3 is 2.88 bits per heavy atom. The van der Waals surface area contributed by atoms with E-state index < -0.39 is 5.91 Å². The van der Waals surface area contributed by atoms with Crippen molar-refractivity contribution in [2.45, 2.75) is 6.92 Å². The molecule has 0 unspecified atom stereocenters. The maximum absolute atomic E-state index is 11.2. The SMILES string of the molecule is Cc1ccc(C#N)cc1-c1n[nH]nc1C(N)=O. The van der Waals surface area contributed by atoms with Crippen LogP contribution < -0.4 is 5.73 Å². The summed E-state index contributed by atoms with van der Waals surface area (Å²) in [6.07, 6.45) is 0. The molecule has 1 aromatic heterocycles. The van der Waals surface area contributed by atoms with Gasteiger partial charge in [-0.2, -0.15) is 20.7 Å². The molecule has 0 aliphatic heterocycles. The zero-order valence-electron chi connectivity index (χ0n) is 9.06. The summed E-state index contributed by atoms with van der Waals surface area (Å²) < 4.78 is 0. The molecule has 0 spiro atoms. The number of amides is 1. The zero-order chi connectivity index (χ0) is 12.4. The standard InChI is InChI=1S/C11H9N5O/c1-6-2-3-7(5-12)4-8(6)9-10(11(13)17)15-16-14-9/h2-4H,1H3,(H2,13,17)(H,14,15,16). The number of rotatable bonds is 2. The Morgan fingerprint density at radius 1 is 1.47 bits per heavy atom. The molecule has 84 valence electrons. The number of hydrogen-bond donors (Lipinski definition) is 2. The molecule has 0 bridgehead atoms. The van der Waals surface area contributed by atoms with Crippen molar-refractivity contribution in [3.05, 3.63) is 35.0 Å². The number of carbonyl (C=O) groups is 1. The molecular weight excluding hydrogens is 218 g/mol. The highest BCUT2D eigenvalue weighted by molar-refractivity contribution is 5.97. The van der Waals surface area contributed by atoms with Gasteiger partial charge >= 0.3 is 0 Å². The first-order chi connectivity index (χ1) is 8.13. The number of benzene rings is 1. The van der Waals surface area contributed by atoms with Crippen molar-refractivity contribution in [3.63, 3.8) is 0 Å². The van der Waals surface area contributed by atoms with E-state index in [1.807, 2.05) is 13.0 Å². The van der Waals surface area contributed by atoms with Gasteiger partial charge in [-0.1, -0.05) is 6.07 Å². The summed E-state index contributed by atoms with van der Waals surface area (Å²) in [5.74, 6) is -0.657. The van der Waals surface area contributed by atoms with E-state index >= 15 is 0 Å². The third-order valence-corrected chi connectivity index (χ3v) is 2.40. The van der Waals surface area contributed by atoms with Crippen molar-refractivity contribution in [2.75, 3.05) is 0 Å². The molecule has 17 heavy (non-hydrogen) atoms. The second-order valence-corrected chi connectivity index (χ2v) is 3.53. The van der Waals surface area contributed by atoms with E-state index in [4.69, 9.17) is 11.0 Å². The Kier molecular flexibility index (Phi) is 2.58. The minimum atomic E-state index is -0.657. The highest BCUT2D eigenvalue weighted by Gasteiger charge is 2.16. The van der Waals surface area contributed by atoms with Gasteiger partial charge in [0.1, 0.15) is 5.69 Å². The molecular formula is C11H9N5O. The Bertz CT molecular complexity index is 623. The number of nitrogens with one attached hydrogen (secondary N) is 1. The lowest BCUT2D eigenvalue weighted by molar-refractivity contribution is 0.0996. The number of aromatic nitrogens is 3. The molecule has 1 heterocycles. The number of hydrogen-bond acceptors (Lipinski definition) is 4. The van der Waals surface area contributed by atoms with Crippen LogP contribution in [0.25, 0.3) is 11.3 Å². The highest BCUT2D eigenvalue weighted by Crippen LogP contribution is 2.24.